The van der Waals surface area contributed by atoms with Crippen molar-refractivity contribution in [1.29, 1.82) is 5.26 Å². The number of hydrogen-bond donors (Lipinski definition) is 2. The minimum Gasteiger partial charge on any atom is -0.360 e. The largest absolute Gasteiger partial charge is 0.360 e. The highest BCUT2D eigenvalue weighted by Crippen LogP contribution is 2.20. The van der Waals surface area contributed by atoms with E-state index >= 15 is 0 Å². The molecule has 1 aromatic heterocycles. The summed E-state index contributed by atoms with van der Waals surface area (Å²) < 4.78 is 4.87. The summed E-state index contributed by atoms with van der Waals surface area (Å²) in [5, 5.41) is 18.6. The SMILES string of the molecule is Cc1cc(N/C=C(/C#N)C(=O)Nc2ccc(C)c(Cl)c2)no1. The van der Waals surface area contributed by atoms with Crippen molar-refractivity contribution in [2.24, 2.45) is 0 Å². The third-order valence-electron chi connectivity index (χ3n) is 2.79. The van der Waals surface area contributed by atoms with Gasteiger partial charge in [-0.2, -0.15) is 5.26 Å². The maximum absolute atomic E-state index is 12.0. The van der Waals surface area contributed by atoms with Gasteiger partial charge in [0.15, 0.2) is 5.82 Å². The number of halogens is 1. The Bertz CT molecular complexity index is 774. The van der Waals surface area contributed by atoms with E-state index in [4.69, 9.17) is 21.4 Å². The monoisotopic (exact) mass is 316 g/mol. The Hall–Kier alpha value is -2.78. The molecule has 112 valence electrons. The van der Waals surface area contributed by atoms with Gasteiger partial charge in [-0.15, -0.1) is 0 Å². The minimum atomic E-state index is -0.546. The molecule has 0 radical (unpaired) electrons. The van der Waals surface area contributed by atoms with Crippen molar-refractivity contribution in [2.45, 2.75) is 13.8 Å². The number of rotatable bonds is 4. The summed E-state index contributed by atoms with van der Waals surface area (Å²) >= 11 is 5.99. The topological polar surface area (TPSA) is 91.0 Å². The fourth-order valence-corrected chi connectivity index (χ4v) is 1.78. The fraction of sp³-hybridized carbons (Fsp3) is 0.133. The standard InChI is InChI=1S/C15H13ClN4O2/c1-9-3-4-12(6-13(9)16)19-15(21)11(7-17)8-18-14-5-10(2)22-20-14/h3-6,8H,1-2H3,(H,18,20)(H,19,21)/b11-8-. The molecular formula is C15H13ClN4O2. The molecule has 0 aliphatic heterocycles. The van der Waals surface area contributed by atoms with Crippen LogP contribution in [0.2, 0.25) is 5.02 Å². The van der Waals surface area contributed by atoms with E-state index in [1.54, 1.807) is 31.2 Å². The van der Waals surface area contributed by atoms with E-state index in [0.717, 1.165) is 5.56 Å². The van der Waals surface area contributed by atoms with E-state index in [9.17, 15) is 4.79 Å². The quantitative estimate of drug-likeness (QED) is 0.666. The molecule has 7 heteroatoms. The summed E-state index contributed by atoms with van der Waals surface area (Å²) in [6.45, 7) is 3.60. The van der Waals surface area contributed by atoms with Gasteiger partial charge in [0.1, 0.15) is 17.4 Å². The summed E-state index contributed by atoms with van der Waals surface area (Å²) in [5.74, 6) is 0.486. The first-order valence-electron chi connectivity index (χ1n) is 6.37. The number of carbonyl (C=O) groups is 1. The van der Waals surface area contributed by atoms with Gasteiger partial charge in [0.05, 0.1) is 0 Å². The molecule has 2 N–H and O–H groups in total. The average Bonchev–Trinajstić information content (AvgIpc) is 2.89. The number of benzene rings is 1. The van der Waals surface area contributed by atoms with E-state index in [0.29, 0.717) is 22.3 Å². The van der Waals surface area contributed by atoms with Crippen molar-refractivity contribution in [1.82, 2.24) is 5.16 Å². The molecule has 1 heterocycles. The van der Waals surface area contributed by atoms with Gasteiger partial charge in [0.25, 0.3) is 5.91 Å². The molecule has 2 aromatic rings. The van der Waals surface area contributed by atoms with Crippen LogP contribution in [0.1, 0.15) is 11.3 Å². The highest BCUT2D eigenvalue weighted by molar-refractivity contribution is 6.31. The first-order chi connectivity index (χ1) is 10.5. The van der Waals surface area contributed by atoms with Gasteiger partial charge in [0.2, 0.25) is 0 Å². The molecule has 0 bridgehead atoms. The predicted molar refractivity (Wildman–Crippen MR) is 83.4 cm³/mol. The van der Waals surface area contributed by atoms with Gasteiger partial charge in [-0.1, -0.05) is 22.8 Å². The number of nitrogens with one attached hydrogen (secondary N) is 2. The number of aromatic nitrogens is 1. The number of aryl methyl sites for hydroxylation is 2. The first kappa shape index (κ1) is 15.6. The molecule has 0 unspecified atom stereocenters. The lowest BCUT2D eigenvalue weighted by atomic mass is 10.2. The summed E-state index contributed by atoms with van der Waals surface area (Å²) in [4.78, 5) is 12.0. The van der Waals surface area contributed by atoms with Crippen molar-refractivity contribution in [3.05, 3.63) is 52.4 Å². The van der Waals surface area contributed by atoms with Gasteiger partial charge in [-0.25, -0.2) is 0 Å². The number of nitrogens with zero attached hydrogens (tertiary/aromatic N) is 2. The summed E-state index contributed by atoms with van der Waals surface area (Å²) in [7, 11) is 0. The van der Waals surface area contributed by atoms with Gasteiger partial charge < -0.3 is 15.2 Å². The number of amides is 1. The van der Waals surface area contributed by atoms with Crippen LogP contribution in [0, 0.1) is 25.2 Å². The number of carbonyl (C=O) groups excluding carboxylic acids is 1. The van der Waals surface area contributed by atoms with Crippen LogP contribution in [0.25, 0.3) is 0 Å². The van der Waals surface area contributed by atoms with Crippen LogP contribution in [-0.2, 0) is 4.79 Å². The van der Waals surface area contributed by atoms with Crippen molar-refractivity contribution in [2.75, 3.05) is 10.6 Å². The second-order valence-electron chi connectivity index (χ2n) is 4.56. The Labute approximate surface area is 132 Å². The Balaban J connectivity index is 2.08. The van der Waals surface area contributed by atoms with E-state index < -0.39 is 5.91 Å². The lowest BCUT2D eigenvalue weighted by Gasteiger charge is -2.06. The maximum Gasteiger partial charge on any atom is 0.267 e. The highest BCUT2D eigenvalue weighted by Gasteiger charge is 2.10. The van der Waals surface area contributed by atoms with Crippen LogP contribution in [0.5, 0.6) is 0 Å². The van der Waals surface area contributed by atoms with Gasteiger partial charge in [-0.3, -0.25) is 4.79 Å². The van der Waals surface area contributed by atoms with Gasteiger partial charge in [-0.05, 0) is 31.5 Å². The van der Waals surface area contributed by atoms with Crippen LogP contribution in [0.4, 0.5) is 11.5 Å². The van der Waals surface area contributed by atoms with Crippen molar-refractivity contribution in [3.8, 4) is 6.07 Å². The van der Waals surface area contributed by atoms with Crippen LogP contribution in [-0.4, -0.2) is 11.1 Å². The van der Waals surface area contributed by atoms with E-state index in [1.165, 1.54) is 6.20 Å². The zero-order valence-corrected chi connectivity index (χ0v) is 12.7. The van der Waals surface area contributed by atoms with Crippen molar-refractivity contribution < 1.29 is 9.32 Å². The zero-order chi connectivity index (χ0) is 16.1. The second kappa shape index (κ2) is 6.78. The van der Waals surface area contributed by atoms with E-state index in [1.807, 2.05) is 13.0 Å². The number of hydrogen-bond acceptors (Lipinski definition) is 5. The lowest BCUT2D eigenvalue weighted by molar-refractivity contribution is -0.112. The Kier molecular flexibility index (Phi) is 4.81. The third kappa shape index (κ3) is 3.87. The molecule has 0 aliphatic carbocycles. The molecule has 0 spiro atoms. The molecule has 0 saturated carbocycles. The van der Waals surface area contributed by atoms with Crippen LogP contribution < -0.4 is 10.6 Å². The molecule has 0 aliphatic rings. The Morgan fingerprint density at radius 1 is 1.41 bits per heavy atom. The normalized spacial score (nSPS) is 10.9. The van der Waals surface area contributed by atoms with E-state index in [2.05, 4.69) is 15.8 Å². The minimum absolute atomic E-state index is 0.0997. The molecular weight excluding hydrogens is 304 g/mol. The summed E-state index contributed by atoms with van der Waals surface area (Å²) in [5.41, 5.74) is 1.31. The van der Waals surface area contributed by atoms with Crippen LogP contribution in [0.3, 0.4) is 0 Å². The molecule has 0 atom stereocenters. The van der Waals surface area contributed by atoms with Crippen LogP contribution in [0.15, 0.2) is 40.6 Å². The molecule has 6 nitrogen and oxygen atoms in total. The van der Waals surface area contributed by atoms with E-state index in [-0.39, 0.29) is 5.57 Å². The molecule has 2 rings (SSSR count). The Morgan fingerprint density at radius 3 is 2.77 bits per heavy atom. The highest BCUT2D eigenvalue weighted by atomic mass is 35.5. The van der Waals surface area contributed by atoms with Gasteiger partial charge >= 0.3 is 0 Å². The second-order valence-corrected chi connectivity index (χ2v) is 4.96. The summed E-state index contributed by atoms with van der Waals surface area (Å²) in [6, 6.07) is 8.58. The number of nitriles is 1. The predicted octanol–water partition coefficient (Wildman–Crippen LogP) is 3.40. The molecule has 1 amide bonds. The molecule has 1 aromatic carbocycles. The van der Waals surface area contributed by atoms with Crippen molar-refractivity contribution in [3.63, 3.8) is 0 Å². The molecule has 0 fully saturated rings. The number of anilines is 2. The van der Waals surface area contributed by atoms with Crippen LogP contribution >= 0.6 is 11.6 Å². The molecule has 0 saturated heterocycles. The fourth-order valence-electron chi connectivity index (χ4n) is 1.60. The lowest BCUT2D eigenvalue weighted by Crippen LogP contribution is -2.14. The van der Waals surface area contributed by atoms with Crippen molar-refractivity contribution >= 4 is 29.0 Å². The molecule has 22 heavy (non-hydrogen) atoms. The average molecular weight is 317 g/mol. The summed E-state index contributed by atoms with van der Waals surface area (Å²) in [6.07, 6.45) is 1.27. The maximum atomic E-state index is 12.0. The smallest absolute Gasteiger partial charge is 0.267 e. The van der Waals surface area contributed by atoms with Gasteiger partial charge in [0, 0.05) is 23.0 Å². The third-order valence-corrected chi connectivity index (χ3v) is 3.19. The Morgan fingerprint density at radius 2 is 2.18 bits per heavy atom. The first-order valence-corrected chi connectivity index (χ1v) is 6.75. The zero-order valence-electron chi connectivity index (χ0n) is 12.0.